The van der Waals surface area contributed by atoms with Crippen molar-refractivity contribution in [3.05, 3.63) is 24.8 Å². The maximum atomic E-state index is 12.7. The number of amides is 2. The molecule has 2 aromatic heterocycles. The number of aliphatic hydroxyl groups excluding tert-OH is 3. The van der Waals surface area contributed by atoms with Crippen LogP contribution in [0, 0.1) is 5.41 Å². The first kappa shape index (κ1) is 46.6. The Hall–Kier alpha value is -2.74. The number of nitrogens with one attached hydrogen (secondary N) is 2. The molecule has 7 atom stereocenters. The Balaban J connectivity index is 1.49. The molecule has 1 aliphatic rings. The number of rotatable bonds is 22. The van der Waals surface area contributed by atoms with E-state index in [0.717, 1.165) is 29.0 Å². The quantitative estimate of drug-likeness (QED) is 0.0370. The molecule has 0 radical (unpaired) electrons. The first-order valence-electron chi connectivity index (χ1n) is 15.9. The molecule has 25 nitrogen and oxygen atoms in total. The van der Waals surface area contributed by atoms with Crippen LogP contribution in [0.5, 0.6) is 0 Å². The van der Waals surface area contributed by atoms with E-state index >= 15 is 0 Å². The Morgan fingerprint density at radius 3 is 2.45 bits per heavy atom. The molecule has 55 heavy (non-hydrogen) atoms. The Labute approximate surface area is 316 Å². The highest BCUT2D eigenvalue weighted by Crippen LogP contribution is 2.61. The fourth-order valence-corrected chi connectivity index (χ4v) is 8.01. The minimum Gasteiger partial charge on any atom is -0.396 e. The number of nitrogen functional groups attached to an aromatic ring is 1. The van der Waals surface area contributed by atoms with Crippen molar-refractivity contribution in [3.8, 4) is 0 Å². The predicted molar refractivity (Wildman–Crippen MR) is 188 cm³/mol. The number of nitrogens with zero attached hydrogens (tertiary/aromatic N) is 4. The number of carbonyl (C=O) groups is 3. The molecule has 1 saturated heterocycles. The first-order chi connectivity index (χ1) is 25.6. The van der Waals surface area contributed by atoms with E-state index in [1.807, 2.05) is 0 Å². The fourth-order valence-electron chi connectivity index (χ4n) is 4.58. The lowest BCUT2D eigenvalue weighted by Crippen LogP contribution is -2.46. The zero-order chi connectivity index (χ0) is 41.2. The predicted octanol–water partition coefficient (Wildman–Crippen LogP) is -1.40. The van der Waals surface area contributed by atoms with E-state index in [2.05, 4.69) is 34.4 Å². The van der Waals surface area contributed by atoms with Crippen LogP contribution in [0.25, 0.3) is 11.2 Å². The molecule has 0 aromatic carbocycles. The summed E-state index contributed by atoms with van der Waals surface area (Å²) < 4.78 is 62.0. The highest BCUT2D eigenvalue weighted by Gasteiger charge is 2.50. The number of hydrogen-bond donors (Lipinski definition) is 10. The number of fused-ring (bicyclic) bond motifs is 1. The van der Waals surface area contributed by atoms with E-state index in [1.54, 1.807) is 0 Å². The summed E-state index contributed by atoms with van der Waals surface area (Å²) >= 11 is 0.952. The zero-order valence-corrected chi connectivity index (χ0v) is 32.6. The van der Waals surface area contributed by atoms with Gasteiger partial charge in [-0.25, -0.2) is 28.6 Å². The summed E-state index contributed by atoms with van der Waals surface area (Å²) in [6.45, 7) is 0.288. The number of aliphatic hydroxyl groups is 3. The number of nitrogens with two attached hydrogens (primary N) is 1. The largest absolute Gasteiger partial charge is 0.481 e. The second kappa shape index (κ2) is 20.1. The van der Waals surface area contributed by atoms with Crippen molar-refractivity contribution >= 4 is 69.1 Å². The SMILES string of the molecule is CC(C)(COP(=O)(O)OP(=O)(O)OC[C@H]1O[C@@H](n2cnc3c(N)ncnc32)[C@H](O)[C@@H]1OP(=O)(O)O)[C@@H](O)C(=O)NCCC(=O)NCCSC(=O)/C=C\CCO. The third kappa shape index (κ3) is 14.6. The van der Waals surface area contributed by atoms with Crippen LogP contribution in [-0.4, -0.2) is 134 Å². The van der Waals surface area contributed by atoms with Gasteiger partial charge in [-0.1, -0.05) is 31.7 Å². The van der Waals surface area contributed by atoms with Gasteiger partial charge in [0.15, 0.2) is 17.7 Å². The normalized spacial score (nSPS) is 22.0. The van der Waals surface area contributed by atoms with Crippen molar-refractivity contribution in [2.75, 3.05) is 44.4 Å². The van der Waals surface area contributed by atoms with Crippen molar-refractivity contribution < 1.29 is 85.6 Å². The number of imidazole rings is 1. The third-order valence-corrected chi connectivity index (χ3v) is 11.2. The number of ether oxygens (including phenoxy) is 1. The molecule has 29 heteroatoms. The van der Waals surface area contributed by atoms with E-state index in [9.17, 15) is 57.9 Å². The van der Waals surface area contributed by atoms with Crippen molar-refractivity contribution in [2.45, 2.75) is 57.3 Å². The van der Waals surface area contributed by atoms with E-state index in [4.69, 9.17) is 24.6 Å². The maximum Gasteiger partial charge on any atom is 0.481 e. The highest BCUT2D eigenvalue weighted by molar-refractivity contribution is 8.14. The Morgan fingerprint density at radius 2 is 1.78 bits per heavy atom. The van der Waals surface area contributed by atoms with Gasteiger partial charge in [-0.15, -0.1) is 0 Å². The van der Waals surface area contributed by atoms with Crippen LogP contribution in [0.3, 0.4) is 0 Å². The van der Waals surface area contributed by atoms with Crippen molar-refractivity contribution in [1.82, 2.24) is 30.2 Å². The summed E-state index contributed by atoms with van der Waals surface area (Å²) in [5.74, 6) is -1.24. The van der Waals surface area contributed by atoms with E-state index in [-0.39, 0.29) is 54.0 Å². The standard InChI is InChI=1S/C26H42N7O18P3S/c1-26(2,21(38)24(39)29-7-6-16(35)28-8-10-55-17(36)5-3-4-9-34)12-48-54(45,46)51-53(43,44)47-11-15-20(50-52(40,41)42)19(37)25(49-15)33-14-32-18-22(27)30-13-31-23(18)33/h3,5,13-15,19-21,25,34,37-38H,4,6-12H2,1-2H3,(H,28,35)(H,29,39)(H,43,44)(H,45,46)(H2,27,30,31)(H2,40,41,42)/b5-3-/t15-,19-,20-,21+,25-/m1/s1. The van der Waals surface area contributed by atoms with Gasteiger partial charge in [0.1, 0.15) is 36.3 Å². The molecule has 2 amide bonds. The molecule has 2 aromatic rings. The summed E-state index contributed by atoms with van der Waals surface area (Å²) in [6.07, 6.45) is -3.82. The topological polar surface area (TPSA) is 384 Å². The lowest BCUT2D eigenvalue weighted by molar-refractivity contribution is -0.137. The monoisotopic (exact) mass is 865 g/mol. The maximum absolute atomic E-state index is 12.7. The molecule has 1 fully saturated rings. The molecule has 11 N–H and O–H groups in total. The van der Waals surface area contributed by atoms with Crippen LogP contribution in [0.4, 0.5) is 5.82 Å². The fraction of sp³-hybridized carbons (Fsp3) is 0.615. The number of hydrogen-bond acceptors (Lipinski definition) is 19. The smallest absolute Gasteiger partial charge is 0.396 e. The van der Waals surface area contributed by atoms with Crippen LogP contribution in [-0.2, 0) is 50.7 Å². The highest BCUT2D eigenvalue weighted by atomic mass is 32.2. The molecule has 0 saturated carbocycles. The molecule has 0 spiro atoms. The Kier molecular flexibility index (Phi) is 17.0. The molecule has 2 unspecified atom stereocenters. The van der Waals surface area contributed by atoms with Crippen LogP contribution in [0.2, 0.25) is 0 Å². The van der Waals surface area contributed by atoms with Crippen LogP contribution >= 0.6 is 35.2 Å². The number of phosphoric acid groups is 3. The molecule has 310 valence electrons. The molecule has 0 aliphatic carbocycles. The molecule has 3 rings (SSSR count). The number of phosphoric ester groups is 3. The van der Waals surface area contributed by atoms with Crippen LogP contribution in [0.1, 0.15) is 32.9 Å². The minimum atomic E-state index is -5.57. The summed E-state index contributed by atoms with van der Waals surface area (Å²) in [7, 11) is -16.4. The first-order valence-corrected chi connectivity index (χ1v) is 21.4. The van der Waals surface area contributed by atoms with Gasteiger partial charge >= 0.3 is 23.5 Å². The van der Waals surface area contributed by atoms with Gasteiger partial charge in [-0.3, -0.25) is 32.5 Å². The minimum absolute atomic E-state index is 0.0258. The molecule has 3 heterocycles. The molecular weight excluding hydrogens is 823 g/mol. The Bertz CT molecular complexity index is 1830. The lowest BCUT2D eigenvalue weighted by atomic mass is 9.87. The summed E-state index contributed by atoms with van der Waals surface area (Å²) in [4.78, 5) is 87.0. The van der Waals surface area contributed by atoms with Crippen LogP contribution < -0.4 is 16.4 Å². The van der Waals surface area contributed by atoms with Crippen molar-refractivity contribution in [2.24, 2.45) is 5.41 Å². The van der Waals surface area contributed by atoms with Gasteiger partial charge in [0.2, 0.25) is 16.9 Å². The summed E-state index contributed by atoms with van der Waals surface area (Å²) in [5, 5.41) is 34.7. The number of thioether (sulfide) groups is 1. The van der Waals surface area contributed by atoms with Gasteiger partial charge in [-0.2, -0.15) is 4.31 Å². The second-order valence-electron chi connectivity index (χ2n) is 12.2. The van der Waals surface area contributed by atoms with E-state index < -0.39 is 84.6 Å². The van der Waals surface area contributed by atoms with Crippen LogP contribution in [0.15, 0.2) is 24.8 Å². The zero-order valence-electron chi connectivity index (χ0n) is 29.1. The average Bonchev–Trinajstić information content (AvgIpc) is 3.64. The third-order valence-electron chi connectivity index (χ3n) is 7.30. The summed E-state index contributed by atoms with van der Waals surface area (Å²) in [5.41, 5.74) is 4.23. The summed E-state index contributed by atoms with van der Waals surface area (Å²) in [6, 6.07) is 0. The van der Waals surface area contributed by atoms with Gasteiger partial charge in [-0.05, 0) is 12.5 Å². The van der Waals surface area contributed by atoms with Gasteiger partial charge < -0.3 is 56.0 Å². The lowest BCUT2D eigenvalue weighted by Gasteiger charge is -2.30. The van der Waals surface area contributed by atoms with Crippen molar-refractivity contribution in [3.63, 3.8) is 0 Å². The Morgan fingerprint density at radius 1 is 1.09 bits per heavy atom. The number of anilines is 1. The molecule has 0 bridgehead atoms. The van der Waals surface area contributed by atoms with E-state index in [0.29, 0.717) is 6.42 Å². The van der Waals surface area contributed by atoms with Gasteiger partial charge in [0.25, 0.3) is 0 Å². The number of aromatic nitrogens is 4. The van der Waals surface area contributed by atoms with Gasteiger partial charge in [0.05, 0.1) is 19.5 Å². The second-order valence-corrected chi connectivity index (χ2v) is 17.5. The van der Waals surface area contributed by atoms with Crippen molar-refractivity contribution in [1.29, 1.82) is 0 Å². The van der Waals surface area contributed by atoms with E-state index in [1.165, 1.54) is 26.0 Å². The molecule has 1 aliphatic heterocycles. The molecular formula is C26H42N7O18P3S. The number of carbonyl (C=O) groups excluding carboxylic acids is 3. The average molecular weight is 866 g/mol. The van der Waals surface area contributed by atoms with Gasteiger partial charge in [0, 0.05) is 37.3 Å².